The molecule has 3 heterocycles. The number of hydrogen-bond donors (Lipinski definition) is 0. The average Bonchev–Trinajstić information content (AvgIpc) is 2.77. The molecule has 0 bridgehead atoms. The van der Waals surface area contributed by atoms with Crippen molar-refractivity contribution in [1.29, 1.82) is 0 Å². The molecule has 0 unspecified atom stereocenters. The Morgan fingerprint density at radius 1 is 1.20 bits per heavy atom. The summed E-state index contributed by atoms with van der Waals surface area (Å²) in [4.78, 5) is 30.1. The number of aromatic nitrogens is 5. The Labute approximate surface area is 119 Å². The van der Waals surface area contributed by atoms with Gasteiger partial charge in [0.2, 0.25) is 0 Å². The molecule has 3 rings (SSSR count). The monoisotopic (exact) mass is 287 g/mol. The zero-order valence-corrected chi connectivity index (χ0v) is 12.0. The third kappa shape index (κ3) is 2.32. The lowest BCUT2D eigenvalue weighted by molar-refractivity contribution is 0.657. The number of fused-ring (bicyclic) bond motifs is 1. The fraction of sp³-hybridized carbons (Fsp3) is 0.308. The molecule has 102 valence electrons. The maximum Gasteiger partial charge on any atom is 0.281 e. The molecule has 0 atom stereocenters. The lowest BCUT2D eigenvalue weighted by Gasteiger charge is -2.03. The quantitative estimate of drug-likeness (QED) is 0.730. The topological polar surface area (TPSA) is 73.6 Å². The van der Waals surface area contributed by atoms with Gasteiger partial charge in [-0.15, -0.1) is 11.3 Å². The second-order valence-electron chi connectivity index (χ2n) is 4.47. The summed E-state index contributed by atoms with van der Waals surface area (Å²) in [7, 11) is 0. The third-order valence-electron chi connectivity index (χ3n) is 3.10. The molecule has 0 saturated heterocycles. The summed E-state index contributed by atoms with van der Waals surface area (Å²) in [6, 6.07) is 0. The van der Waals surface area contributed by atoms with E-state index in [0.29, 0.717) is 24.1 Å². The zero-order valence-electron chi connectivity index (χ0n) is 11.2. The van der Waals surface area contributed by atoms with Gasteiger partial charge in [0.15, 0.2) is 11.2 Å². The molecule has 6 nitrogen and oxygen atoms in total. The summed E-state index contributed by atoms with van der Waals surface area (Å²) < 4.78 is 1.56. The van der Waals surface area contributed by atoms with Crippen molar-refractivity contribution in [1.82, 2.24) is 24.5 Å². The van der Waals surface area contributed by atoms with Gasteiger partial charge in [0.25, 0.3) is 5.56 Å². The molecular weight excluding hydrogens is 274 g/mol. The van der Waals surface area contributed by atoms with Gasteiger partial charge in [-0.1, -0.05) is 0 Å². The average molecular weight is 287 g/mol. The predicted molar refractivity (Wildman–Crippen MR) is 76.9 cm³/mol. The van der Waals surface area contributed by atoms with Crippen LogP contribution >= 0.6 is 11.3 Å². The molecule has 0 aliphatic carbocycles. The van der Waals surface area contributed by atoms with Gasteiger partial charge in [0.1, 0.15) is 6.33 Å². The van der Waals surface area contributed by atoms with Crippen molar-refractivity contribution < 1.29 is 0 Å². The first-order valence-electron chi connectivity index (χ1n) is 6.24. The molecule has 0 N–H and O–H groups in total. The minimum Gasteiger partial charge on any atom is -0.297 e. The van der Waals surface area contributed by atoms with E-state index in [1.165, 1.54) is 23.6 Å². The second-order valence-corrected chi connectivity index (χ2v) is 5.76. The fourth-order valence-corrected chi connectivity index (χ4v) is 2.83. The van der Waals surface area contributed by atoms with Gasteiger partial charge >= 0.3 is 0 Å². The summed E-state index contributed by atoms with van der Waals surface area (Å²) >= 11 is 1.67. The van der Waals surface area contributed by atoms with E-state index in [-0.39, 0.29) is 5.56 Å². The Kier molecular flexibility index (Phi) is 3.27. The van der Waals surface area contributed by atoms with Crippen LogP contribution in [0.2, 0.25) is 0 Å². The summed E-state index contributed by atoms with van der Waals surface area (Å²) in [6.07, 6.45) is 5.27. The van der Waals surface area contributed by atoms with E-state index < -0.39 is 0 Å². The van der Waals surface area contributed by atoms with Crippen molar-refractivity contribution in [3.8, 4) is 0 Å². The molecule has 7 heteroatoms. The molecular formula is C13H13N5OS. The molecule has 0 amide bonds. The Morgan fingerprint density at radius 2 is 2.00 bits per heavy atom. The van der Waals surface area contributed by atoms with Gasteiger partial charge in [-0.05, 0) is 13.8 Å². The molecule has 0 fully saturated rings. The minimum absolute atomic E-state index is 0.159. The van der Waals surface area contributed by atoms with Crippen LogP contribution in [0, 0.1) is 13.8 Å². The fourth-order valence-electron chi connectivity index (χ4n) is 1.91. The van der Waals surface area contributed by atoms with Gasteiger partial charge in [-0.2, -0.15) is 0 Å². The van der Waals surface area contributed by atoms with Crippen molar-refractivity contribution in [2.75, 3.05) is 0 Å². The van der Waals surface area contributed by atoms with Crippen molar-refractivity contribution in [2.24, 2.45) is 0 Å². The van der Waals surface area contributed by atoms with Crippen LogP contribution in [0.4, 0.5) is 0 Å². The first-order valence-corrected chi connectivity index (χ1v) is 7.06. The maximum absolute atomic E-state index is 12.2. The van der Waals surface area contributed by atoms with Crippen LogP contribution < -0.4 is 5.56 Å². The van der Waals surface area contributed by atoms with Crippen LogP contribution in [-0.2, 0) is 13.0 Å². The summed E-state index contributed by atoms with van der Waals surface area (Å²) in [6.45, 7) is 4.59. The van der Waals surface area contributed by atoms with Gasteiger partial charge in [0.05, 0.1) is 10.7 Å². The highest BCUT2D eigenvalue weighted by atomic mass is 32.1. The van der Waals surface area contributed by atoms with Gasteiger partial charge < -0.3 is 0 Å². The summed E-state index contributed by atoms with van der Waals surface area (Å²) in [5.74, 6) is 0. The Balaban J connectivity index is 1.88. The van der Waals surface area contributed by atoms with Crippen molar-refractivity contribution >= 4 is 22.5 Å². The van der Waals surface area contributed by atoms with Gasteiger partial charge in [-0.3, -0.25) is 9.36 Å². The van der Waals surface area contributed by atoms with E-state index in [9.17, 15) is 4.79 Å². The van der Waals surface area contributed by atoms with Crippen LogP contribution in [0.3, 0.4) is 0 Å². The molecule has 0 radical (unpaired) electrons. The normalized spacial score (nSPS) is 11.1. The van der Waals surface area contributed by atoms with Gasteiger partial charge in [0, 0.05) is 30.2 Å². The van der Waals surface area contributed by atoms with Crippen molar-refractivity contribution in [3.05, 3.63) is 44.7 Å². The first kappa shape index (κ1) is 12.9. The largest absolute Gasteiger partial charge is 0.297 e. The molecule has 0 spiro atoms. The van der Waals surface area contributed by atoms with Crippen molar-refractivity contribution in [2.45, 2.75) is 26.8 Å². The van der Waals surface area contributed by atoms with Crippen LogP contribution in [0.15, 0.2) is 23.5 Å². The van der Waals surface area contributed by atoms with E-state index >= 15 is 0 Å². The van der Waals surface area contributed by atoms with E-state index in [1.807, 2.05) is 6.92 Å². The molecule has 3 aromatic heterocycles. The summed E-state index contributed by atoms with van der Waals surface area (Å²) in [5, 5.41) is 1.03. The lowest BCUT2D eigenvalue weighted by atomic mass is 10.4. The highest BCUT2D eigenvalue weighted by Crippen LogP contribution is 2.17. The highest BCUT2D eigenvalue weighted by molar-refractivity contribution is 7.11. The molecule has 0 saturated carbocycles. The molecule has 20 heavy (non-hydrogen) atoms. The smallest absolute Gasteiger partial charge is 0.281 e. The molecule has 0 aliphatic rings. The number of rotatable bonds is 3. The standard InChI is InChI=1S/C13H13N5OS/c1-8-9(2)20-10(17-8)3-6-18-7-16-12-11(13(18)19)14-4-5-15-12/h4-5,7H,3,6H2,1-2H3. The first-order chi connectivity index (χ1) is 9.65. The lowest BCUT2D eigenvalue weighted by Crippen LogP contribution is -2.22. The Morgan fingerprint density at radius 3 is 2.75 bits per heavy atom. The van der Waals surface area contributed by atoms with E-state index in [4.69, 9.17) is 0 Å². The SMILES string of the molecule is Cc1nc(CCn2cnc3nccnc3c2=O)sc1C. The van der Waals surface area contributed by atoms with Crippen LogP contribution in [0.5, 0.6) is 0 Å². The van der Waals surface area contributed by atoms with Crippen LogP contribution in [-0.4, -0.2) is 24.5 Å². The summed E-state index contributed by atoms with van der Waals surface area (Å²) in [5.41, 5.74) is 1.59. The van der Waals surface area contributed by atoms with Crippen molar-refractivity contribution in [3.63, 3.8) is 0 Å². The number of aryl methyl sites for hydroxylation is 4. The highest BCUT2D eigenvalue weighted by Gasteiger charge is 2.08. The maximum atomic E-state index is 12.2. The van der Waals surface area contributed by atoms with E-state index in [1.54, 1.807) is 15.9 Å². The predicted octanol–water partition coefficient (Wildman–Crippen LogP) is 1.50. The second kappa shape index (κ2) is 5.09. The Hall–Kier alpha value is -2.15. The molecule has 3 aromatic rings. The number of nitrogens with zero attached hydrogens (tertiary/aromatic N) is 5. The minimum atomic E-state index is -0.159. The number of thiazole rings is 1. The van der Waals surface area contributed by atoms with Crippen LogP contribution in [0.1, 0.15) is 15.6 Å². The number of hydrogen-bond acceptors (Lipinski definition) is 6. The molecule has 0 aromatic carbocycles. The third-order valence-corrected chi connectivity index (χ3v) is 4.23. The van der Waals surface area contributed by atoms with E-state index in [2.05, 4.69) is 26.9 Å². The molecule has 0 aliphatic heterocycles. The Bertz CT molecular complexity index is 803. The zero-order chi connectivity index (χ0) is 14.1. The van der Waals surface area contributed by atoms with E-state index in [0.717, 1.165) is 10.7 Å². The van der Waals surface area contributed by atoms with Gasteiger partial charge in [-0.25, -0.2) is 19.9 Å². The van der Waals surface area contributed by atoms with Crippen LogP contribution in [0.25, 0.3) is 11.2 Å².